The van der Waals surface area contributed by atoms with E-state index in [1.54, 1.807) is 11.2 Å². The molecule has 2 atom stereocenters. The van der Waals surface area contributed by atoms with Gasteiger partial charge in [0, 0.05) is 18.4 Å². The van der Waals surface area contributed by atoms with Crippen molar-refractivity contribution in [3.05, 3.63) is 30.1 Å². The monoisotopic (exact) mass is 231 g/mol. The van der Waals surface area contributed by atoms with Crippen molar-refractivity contribution in [3.63, 3.8) is 0 Å². The second kappa shape index (κ2) is 4.45. The van der Waals surface area contributed by atoms with E-state index in [1.165, 1.54) is 12.8 Å². The van der Waals surface area contributed by atoms with Crippen LogP contribution in [0.3, 0.4) is 0 Å². The Kier molecular flexibility index (Phi) is 2.81. The van der Waals surface area contributed by atoms with Crippen molar-refractivity contribution in [3.8, 4) is 0 Å². The molecule has 17 heavy (non-hydrogen) atoms. The summed E-state index contributed by atoms with van der Waals surface area (Å²) in [5.41, 5.74) is 4.42. The fourth-order valence-electron chi connectivity index (χ4n) is 2.84. The van der Waals surface area contributed by atoms with Gasteiger partial charge in [-0.1, -0.05) is 18.9 Å². The Balaban J connectivity index is 1.71. The van der Waals surface area contributed by atoms with E-state index in [2.05, 4.69) is 10.4 Å². The first-order valence-electron chi connectivity index (χ1n) is 6.31. The van der Waals surface area contributed by atoms with Gasteiger partial charge in [0.2, 0.25) is 5.91 Å². The molecule has 2 heterocycles. The van der Waals surface area contributed by atoms with Crippen LogP contribution < -0.4 is 5.43 Å². The number of amides is 1. The fraction of sp³-hybridized carbons (Fsp3) is 0.538. The third kappa shape index (κ3) is 2.05. The summed E-state index contributed by atoms with van der Waals surface area (Å²) < 4.78 is 0. The predicted octanol–water partition coefficient (Wildman–Crippen LogP) is 1.49. The van der Waals surface area contributed by atoms with Crippen LogP contribution >= 0.6 is 0 Å². The minimum Gasteiger partial charge on any atom is -0.273 e. The van der Waals surface area contributed by atoms with Crippen LogP contribution in [0.5, 0.6) is 0 Å². The van der Waals surface area contributed by atoms with Crippen LogP contribution in [0.2, 0.25) is 0 Å². The molecule has 1 N–H and O–H groups in total. The maximum absolute atomic E-state index is 12.2. The van der Waals surface area contributed by atoms with E-state index >= 15 is 0 Å². The summed E-state index contributed by atoms with van der Waals surface area (Å²) >= 11 is 0. The van der Waals surface area contributed by atoms with Crippen LogP contribution in [-0.2, 0) is 11.3 Å². The highest BCUT2D eigenvalue weighted by atomic mass is 16.2. The number of carbonyl (C=O) groups excluding carboxylic acids is 1. The zero-order valence-electron chi connectivity index (χ0n) is 9.80. The third-order valence-electron chi connectivity index (χ3n) is 3.73. The van der Waals surface area contributed by atoms with Crippen LogP contribution in [0, 0.1) is 5.92 Å². The third-order valence-corrected chi connectivity index (χ3v) is 3.73. The molecular formula is C13H17N3O. The van der Waals surface area contributed by atoms with E-state index in [0.29, 0.717) is 12.6 Å². The van der Waals surface area contributed by atoms with Crippen LogP contribution in [-0.4, -0.2) is 21.9 Å². The van der Waals surface area contributed by atoms with Gasteiger partial charge in [-0.05, 0) is 24.5 Å². The number of fused-ring (bicyclic) bond motifs is 1. The van der Waals surface area contributed by atoms with Gasteiger partial charge in [0.05, 0.1) is 12.5 Å². The lowest BCUT2D eigenvalue weighted by molar-refractivity contribution is -0.133. The summed E-state index contributed by atoms with van der Waals surface area (Å²) in [5.74, 6) is 0.471. The van der Waals surface area contributed by atoms with Crippen LogP contribution in [0.25, 0.3) is 0 Å². The summed E-state index contributed by atoms with van der Waals surface area (Å²) in [7, 11) is 0. The number of pyridine rings is 1. The quantitative estimate of drug-likeness (QED) is 0.838. The Bertz CT molecular complexity index is 406. The molecule has 1 aliphatic heterocycles. The van der Waals surface area contributed by atoms with Crippen molar-refractivity contribution < 1.29 is 4.79 Å². The van der Waals surface area contributed by atoms with Crippen molar-refractivity contribution in [1.29, 1.82) is 0 Å². The number of hydrogen-bond donors (Lipinski definition) is 1. The Morgan fingerprint density at radius 3 is 3.06 bits per heavy atom. The lowest BCUT2D eigenvalue weighted by Crippen LogP contribution is -2.37. The minimum absolute atomic E-state index is 0.209. The summed E-state index contributed by atoms with van der Waals surface area (Å²) in [6, 6.07) is 4.28. The SMILES string of the molecule is O=C1C2CCCCC2NN1Cc1cccnc1. The fourth-order valence-corrected chi connectivity index (χ4v) is 2.84. The lowest BCUT2D eigenvalue weighted by atomic mass is 9.86. The Labute approximate surface area is 101 Å². The summed E-state index contributed by atoms with van der Waals surface area (Å²) in [6.07, 6.45) is 8.16. The summed E-state index contributed by atoms with van der Waals surface area (Å²) in [6.45, 7) is 0.625. The van der Waals surface area contributed by atoms with Crippen molar-refractivity contribution in [1.82, 2.24) is 15.4 Å². The molecule has 0 aromatic carbocycles. The van der Waals surface area contributed by atoms with Gasteiger partial charge < -0.3 is 0 Å². The zero-order valence-corrected chi connectivity index (χ0v) is 9.80. The molecule has 1 saturated heterocycles. The van der Waals surface area contributed by atoms with Crippen molar-refractivity contribution in [2.24, 2.45) is 5.92 Å². The lowest BCUT2D eigenvalue weighted by Gasteiger charge is -2.21. The van der Waals surface area contributed by atoms with Gasteiger partial charge >= 0.3 is 0 Å². The normalized spacial score (nSPS) is 28.2. The van der Waals surface area contributed by atoms with E-state index in [9.17, 15) is 4.79 Å². The molecule has 1 amide bonds. The molecule has 1 aromatic heterocycles. The number of nitrogens with one attached hydrogen (secondary N) is 1. The zero-order chi connectivity index (χ0) is 11.7. The number of hydrazine groups is 1. The Morgan fingerprint density at radius 2 is 2.29 bits per heavy atom. The molecule has 0 radical (unpaired) electrons. The second-order valence-corrected chi connectivity index (χ2v) is 4.91. The molecular weight excluding hydrogens is 214 g/mol. The molecule has 4 nitrogen and oxygen atoms in total. The Hall–Kier alpha value is -1.42. The van der Waals surface area contributed by atoms with Gasteiger partial charge in [-0.25, -0.2) is 5.43 Å². The molecule has 3 rings (SSSR count). The largest absolute Gasteiger partial charge is 0.273 e. The Morgan fingerprint density at radius 1 is 1.41 bits per heavy atom. The highest BCUT2D eigenvalue weighted by Crippen LogP contribution is 2.30. The topological polar surface area (TPSA) is 45.2 Å². The maximum atomic E-state index is 12.2. The molecule has 0 bridgehead atoms. The van der Waals surface area contributed by atoms with E-state index < -0.39 is 0 Å². The van der Waals surface area contributed by atoms with E-state index in [1.807, 2.05) is 18.3 Å². The molecule has 90 valence electrons. The molecule has 1 aromatic rings. The molecule has 1 saturated carbocycles. The number of rotatable bonds is 2. The molecule has 2 fully saturated rings. The molecule has 2 aliphatic rings. The van der Waals surface area contributed by atoms with Crippen molar-refractivity contribution in [2.75, 3.05) is 0 Å². The predicted molar refractivity (Wildman–Crippen MR) is 63.7 cm³/mol. The highest BCUT2D eigenvalue weighted by molar-refractivity contribution is 5.81. The second-order valence-electron chi connectivity index (χ2n) is 4.91. The van der Waals surface area contributed by atoms with Gasteiger partial charge in [0.25, 0.3) is 0 Å². The van der Waals surface area contributed by atoms with E-state index in [-0.39, 0.29) is 11.8 Å². The molecule has 1 aliphatic carbocycles. The van der Waals surface area contributed by atoms with Crippen molar-refractivity contribution >= 4 is 5.91 Å². The number of aromatic nitrogens is 1. The number of carbonyl (C=O) groups is 1. The average Bonchev–Trinajstić information content (AvgIpc) is 2.68. The van der Waals surface area contributed by atoms with Crippen LogP contribution in [0.15, 0.2) is 24.5 Å². The average molecular weight is 231 g/mol. The number of nitrogens with zero attached hydrogens (tertiary/aromatic N) is 2. The first-order valence-corrected chi connectivity index (χ1v) is 6.31. The van der Waals surface area contributed by atoms with Crippen LogP contribution in [0.1, 0.15) is 31.2 Å². The smallest absolute Gasteiger partial charge is 0.241 e. The standard InChI is InChI=1S/C13H17N3O/c17-13-11-5-1-2-6-12(11)15-16(13)9-10-4-3-7-14-8-10/h3-4,7-8,11-12,15H,1-2,5-6,9H2. The number of hydrogen-bond acceptors (Lipinski definition) is 3. The highest BCUT2D eigenvalue weighted by Gasteiger charge is 2.40. The van der Waals surface area contributed by atoms with Gasteiger partial charge in [-0.15, -0.1) is 0 Å². The van der Waals surface area contributed by atoms with Crippen molar-refractivity contribution in [2.45, 2.75) is 38.3 Å². The van der Waals surface area contributed by atoms with Gasteiger partial charge in [-0.2, -0.15) is 0 Å². The summed E-state index contributed by atoms with van der Waals surface area (Å²) in [4.78, 5) is 16.3. The molecule has 4 heteroatoms. The van der Waals surface area contributed by atoms with Crippen LogP contribution in [0.4, 0.5) is 0 Å². The maximum Gasteiger partial charge on any atom is 0.241 e. The molecule has 0 spiro atoms. The minimum atomic E-state index is 0.209. The van der Waals surface area contributed by atoms with Gasteiger partial charge in [0.15, 0.2) is 0 Å². The van der Waals surface area contributed by atoms with E-state index in [4.69, 9.17) is 0 Å². The first kappa shape index (κ1) is 10.7. The first-order chi connectivity index (χ1) is 8.34. The van der Waals surface area contributed by atoms with E-state index in [0.717, 1.165) is 18.4 Å². The molecule has 2 unspecified atom stereocenters. The summed E-state index contributed by atoms with van der Waals surface area (Å²) in [5, 5.41) is 1.78. The van der Waals surface area contributed by atoms with Gasteiger partial charge in [-0.3, -0.25) is 14.8 Å². The van der Waals surface area contributed by atoms with Gasteiger partial charge in [0.1, 0.15) is 0 Å².